The highest BCUT2D eigenvalue weighted by atomic mass is 17.2. The molecule has 230 valence electrons. The Balaban J connectivity index is 1.88. The average Bonchev–Trinajstić information content (AvgIpc) is 3.36. The summed E-state index contributed by atoms with van der Waals surface area (Å²) >= 11 is 0. The predicted molar refractivity (Wildman–Crippen MR) is 159 cm³/mol. The van der Waals surface area contributed by atoms with Crippen LogP contribution in [0.5, 0.6) is 0 Å². The molecule has 2 saturated carbocycles. The quantitative estimate of drug-likeness (QED) is 0.0946. The average molecular weight is 591 g/mol. The minimum Gasteiger partial charge on any atom is -0.468 e. The lowest BCUT2D eigenvalue weighted by atomic mass is 9.67. The Hall–Kier alpha value is -3.40. The van der Waals surface area contributed by atoms with E-state index in [2.05, 4.69) is 38.4 Å². The summed E-state index contributed by atoms with van der Waals surface area (Å²) in [4.78, 5) is 51.1. The highest BCUT2D eigenvalue weighted by Gasteiger charge is 2.67. The summed E-state index contributed by atoms with van der Waals surface area (Å²) in [6, 6.07) is 9.86. The fourth-order valence-corrected chi connectivity index (χ4v) is 7.12. The van der Waals surface area contributed by atoms with Gasteiger partial charge in [0.2, 0.25) is 0 Å². The molecule has 4 rings (SSSR count). The van der Waals surface area contributed by atoms with Gasteiger partial charge in [0.05, 0.1) is 26.4 Å². The fraction of sp³-hybridized carbons (Fsp3) is 0.543. The number of esters is 1. The summed E-state index contributed by atoms with van der Waals surface area (Å²) < 4.78 is 11.9. The summed E-state index contributed by atoms with van der Waals surface area (Å²) in [6.45, 7) is 14.8. The minimum atomic E-state index is -1.68. The SMILES string of the molecule is C#CC#COOC1C(C)CC2(C(=O)OC)C(=O)C(C)=CC3C(CC(OCc4ccccc4)C(=C)C(OOCC)C12)C3(C)C. The highest BCUT2D eigenvalue weighted by molar-refractivity contribution is 6.12. The second kappa shape index (κ2) is 13.5. The molecule has 0 radical (unpaired) electrons. The van der Waals surface area contributed by atoms with Gasteiger partial charge < -0.3 is 9.47 Å². The van der Waals surface area contributed by atoms with Crippen molar-refractivity contribution >= 4 is 11.8 Å². The van der Waals surface area contributed by atoms with E-state index in [-0.39, 0.29) is 42.0 Å². The highest BCUT2D eigenvalue weighted by Crippen LogP contribution is 2.63. The van der Waals surface area contributed by atoms with Gasteiger partial charge in [-0.3, -0.25) is 14.5 Å². The van der Waals surface area contributed by atoms with E-state index in [4.69, 9.17) is 35.4 Å². The molecule has 8 heteroatoms. The van der Waals surface area contributed by atoms with Crippen molar-refractivity contribution in [2.24, 2.45) is 34.5 Å². The Kier molecular flexibility index (Phi) is 10.2. The van der Waals surface area contributed by atoms with Crippen LogP contribution in [0.15, 0.2) is 54.1 Å². The van der Waals surface area contributed by atoms with E-state index in [1.165, 1.54) is 7.11 Å². The topological polar surface area (TPSA) is 89.5 Å². The van der Waals surface area contributed by atoms with Gasteiger partial charge >= 0.3 is 5.97 Å². The lowest BCUT2D eigenvalue weighted by Crippen LogP contribution is -2.53. The van der Waals surface area contributed by atoms with E-state index in [0.29, 0.717) is 24.2 Å². The number of carbonyl (C=O) groups is 2. The molecule has 8 atom stereocenters. The summed E-state index contributed by atoms with van der Waals surface area (Å²) in [7, 11) is 1.28. The molecule has 0 saturated heterocycles. The molecule has 0 N–H and O–H groups in total. The molecule has 8 nitrogen and oxygen atoms in total. The van der Waals surface area contributed by atoms with Gasteiger partial charge in [-0.05, 0) is 72.5 Å². The van der Waals surface area contributed by atoms with Crippen LogP contribution in [0.25, 0.3) is 0 Å². The Labute approximate surface area is 254 Å². The monoisotopic (exact) mass is 590 g/mol. The fourth-order valence-electron chi connectivity index (χ4n) is 7.12. The van der Waals surface area contributed by atoms with Crippen LogP contribution in [0.3, 0.4) is 0 Å². The molecule has 0 heterocycles. The number of fused-ring (bicyclic) bond motifs is 2. The Morgan fingerprint density at radius 1 is 1.19 bits per heavy atom. The first-order valence-electron chi connectivity index (χ1n) is 14.8. The molecule has 3 aliphatic rings. The zero-order valence-corrected chi connectivity index (χ0v) is 25.9. The van der Waals surface area contributed by atoms with Gasteiger partial charge in [-0.2, -0.15) is 4.89 Å². The van der Waals surface area contributed by atoms with Gasteiger partial charge in [-0.15, -0.1) is 6.42 Å². The summed E-state index contributed by atoms with van der Waals surface area (Å²) in [5.74, 6) is 2.48. The van der Waals surface area contributed by atoms with Crippen LogP contribution in [-0.2, 0) is 45.2 Å². The van der Waals surface area contributed by atoms with Crippen molar-refractivity contribution in [3.8, 4) is 24.4 Å². The van der Waals surface area contributed by atoms with Crippen LogP contribution in [0.2, 0.25) is 0 Å². The third kappa shape index (κ3) is 6.30. The number of allylic oxidation sites excluding steroid dienone is 2. The first kappa shape index (κ1) is 32.5. The van der Waals surface area contributed by atoms with Crippen molar-refractivity contribution < 1.29 is 38.6 Å². The lowest BCUT2D eigenvalue weighted by molar-refractivity contribution is -0.348. The van der Waals surface area contributed by atoms with Gasteiger partial charge in [0.25, 0.3) is 0 Å². The van der Waals surface area contributed by atoms with Gasteiger partial charge in [0.15, 0.2) is 11.9 Å². The van der Waals surface area contributed by atoms with Gasteiger partial charge in [-0.1, -0.05) is 63.8 Å². The number of terminal acetylenes is 1. The van der Waals surface area contributed by atoms with E-state index >= 15 is 0 Å². The molecule has 2 fully saturated rings. The number of ketones is 1. The van der Waals surface area contributed by atoms with Crippen molar-refractivity contribution in [1.82, 2.24) is 0 Å². The zero-order chi connectivity index (χ0) is 31.4. The Morgan fingerprint density at radius 2 is 1.91 bits per heavy atom. The van der Waals surface area contributed by atoms with E-state index in [1.807, 2.05) is 43.3 Å². The number of carbonyl (C=O) groups excluding carboxylic acids is 2. The Bertz CT molecular complexity index is 1330. The second-order valence-corrected chi connectivity index (χ2v) is 12.3. The zero-order valence-electron chi connectivity index (χ0n) is 25.9. The predicted octanol–water partition coefficient (Wildman–Crippen LogP) is 5.38. The van der Waals surface area contributed by atoms with E-state index in [0.717, 1.165) is 5.56 Å². The lowest BCUT2D eigenvalue weighted by Gasteiger charge is -2.39. The van der Waals surface area contributed by atoms with Gasteiger partial charge in [0, 0.05) is 11.8 Å². The maximum Gasteiger partial charge on any atom is 0.320 e. The van der Waals surface area contributed by atoms with Crippen molar-refractivity contribution in [3.05, 3.63) is 59.7 Å². The molecular formula is C35H42O8. The summed E-state index contributed by atoms with van der Waals surface area (Å²) in [5.41, 5.74) is 0.261. The number of Topliss-reactive ketones (excluding diaryl/α,β-unsaturated/α-hetero) is 1. The van der Waals surface area contributed by atoms with Crippen LogP contribution in [0.1, 0.15) is 53.0 Å². The Morgan fingerprint density at radius 3 is 2.56 bits per heavy atom. The van der Waals surface area contributed by atoms with E-state index in [1.54, 1.807) is 13.8 Å². The molecule has 43 heavy (non-hydrogen) atoms. The number of benzene rings is 1. The van der Waals surface area contributed by atoms with Gasteiger partial charge in [-0.25, -0.2) is 9.78 Å². The summed E-state index contributed by atoms with van der Waals surface area (Å²) in [5, 5.41) is 0. The molecule has 1 aromatic rings. The molecular weight excluding hydrogens is 548 g/mol. The number of methoxy groups -OCH3 is 1. The number of hydrogen-bond acceptors (Lipinski definition) is 8. The van der Waals surface area contributed by atoms with Crippen LogP contribution in [-0.4, -0.2) is 43.8 Å². The standard InChI is InChI=1S/C35H42O8/c1-9-11-17-41-42-30-23(4)20-35(33(37)38-8)29(30)31(43-40-10-2)24(5)28(39-21-25-15-13-12-14-16-25)19-27-26(34(27,6)7)18-22(3)32(35)36/h1,12-16,18,23,26-31H,5,10,19-21H2,2-4,6-8H3. The number of rotatable bonds is 9. The van der Waals surface area contributed by atoms with E-state index < -0.39 is 35.6 Å². The first-order valence-corrected chi connectivity index (χ1v) is 14.8. The number of hydrogen-bond donors (Lipinski definition) is 0. The van der Waals surface area contributed by atoms with Crippen LogP contribution in [0.4, 0.5) is 0 Å². The molecule has 0 aliphatic heterocycles. The number of ether oxygens (including phenoxy) is 2. The van der Waals surface area contributed by atoms with Crippen LogP contribution < -0.4 is 0 Å². The van der Waals surface area contributed by atoms with Crippen LogP contribution >= 0.6 is 0 Å². The van der Waals surface area contributed by atoms with Crippen molar-refractivity contribution in [2.45, 2.75) is 72.4 Å². The molecule has 3 aliphatic carbocycles. The van der Waals surface area contributed by atoms with Crippen molar-refractivity contribution in [3.63, 3.8) is 0 Å². The minimum absolute atomic E-state index is 0.0817. The van der Waals surface area contributed by atoms with E-state index in [9.17, 15) is 9.59 Å². The second-order valence-electron chi connectivity index (χ2n) is 12.3. The molecule has 1 aromatic carbocycles. The largest absolute Gasteiger partial charge is 0.468 e. The molecule has 0 amide bonds. The van der Waals surface area contributed by atoms with Crippen LogP contribution in [0, 0.1) is 58.9 Å². The molecule has 8 unspecified atom stereocenters. The maximum atomic E-state index is 14.6. The smallest absolute Gasteiger partial charge is 0.320 e. The molecule has 0 spiro atoms. The molecule has 0 bridgehead atoms. The van der Waals surface area contributed by atoms with Gasteiger partial charge in [0.1, 0.15) is 17.6 Å². The maximum absolute atomic E-state index is 14.6. The summed E-state index contributed by atoms with van der Waals surface area (Å²) in [6.07, 6.45) is 7.97. The first-order chi connectivity index (χ1) is 20.5. The van der Waals surface area contributed by atoms with Crippen molar-refractivity contribution in [2.75, 3.05) is 13.7 Å². The van der Waals surface area contributed by atoms with Crippen molar-refractivity contribution in [1.29, 1.82) is 0 Å². The molecule has 0 aromatic heterocycles. The third-order valence-corrected chi connectivity index (χ3v) is 9.49. The third-order valence-electron chi connectivity index (χ3n) is 9.49. The normalized spacial score (nSPS) is 33.0.